The van der Waals surface area contributed by atoms with Gasteiger partial charge in [0.05, 0.1) is 17.6 Å². The summed E-state index contributed by atoms with van der Waals surface area (Å²) in [5.74, 6) is 0.507. The van der Waals surface area contributed by atoms with Crippen LogP contribution in [0.1, 0.15) is 31.7 Å². The van der Waals surface area contributed by atoms with E-state index in [0.29, 0.717) is 5.92 Å². The largest absolute Gasteiger partial charge is 0.245 e. The van der Waals surface area contributed by atoms with Crippen LogP contribution in [-0.4, -0.2) is 19.7 Å². The van der Waals surface area contributed by atoms with Crippen molar-refractivity contribution in [3.05, 3.63) is 60.8 Å². The highest BCUT2D eigenvalue weighted by molar-refractivity contribution is 5.57. The number of aromatic nitrogens is 4. The minimum absolute atomic E-state index is 0.507. The second-order valence-electron chi connectivity index (χ2n) is 5.14. The normalized spacial score (nSPS) is 12.3. The van der Waals surface area contributed by atoms with Crippen LogP contribution in [0.2, 0.25) is 0 Å². The van der Waals surface area contributed by atoms with Crippen LogP contribution in [0, 0.1) is 0 Å². The molecule has 1 aromatic carbocycles. The van der Waals surface area contributed by atoms with Crippen LogP contribution in [-0.2, 0) is 0 Å². The van der Waals surface area contributed by atoms with Gasteiger partial charge in [0.1, 0.15) is 6.33 Å². The van der Waals surface area contributed by atoms with Crippen LogP contribution in [0.4, 0.5) is 0 Å². The molecular formula is C17H18N4. The summed E-state index contributed by atoms with van der Waals surface area (Å²) in [6.07, 6.45) is 8.27. The Kier molecular flexibility index (Phi) is 3.77. The first-order chi connectivity index (χ1) is 10.3. The predicted molar refractivity (Wildman–Crippen MR) is 83.3 cm³/mol. The molecule has 0 fully saturated rings. The van der Waals surface area contributed by atoms with Gasteiger partial charge in [-0.25, -0.2) is 14.6 Å². The Hall–Kier alpha value is -2.49. The summed E-state index contributed by atoms with van der Waals surface area (Å²) >= 11 is 0. The maximum atomic E-state index is 4.50. The fourth-order valence-corrected chi connectivity index (χ4v) is 2.38. The third-order valence-electron chi connectivity index (χ3n) is 3.79. The van der Waals surface area contributed by atoms with E-state index in [2.05, 4.69) is 47.1 Å². The molecule has 21 heavy (non-hydrogen) atoms. The van der Waals surface area contributed by atoms with Gasteiger partial charge in [0.2, 0.25) is 0 Å². The van der Waals surface area contributed by atoms with Crippen molar-refractivity contribution in [3.63, 3.8) is 0 Å². The van der Waals surface area contributed by atoms with Gasteiger partial charge in [-0.1, -0.05) is 32.0 Å². The van der Waals surface area contributed by atoms with Crippen molar-refractivity contribution in [1.82, 2.24) is 19.7 Å². The van der Waals surface area contributed by atoms with Crippen molar-refractivity contribution in [3.8, 4) is 16.9 Å². The standard InChI is InChI=1S/C17H18N4/c1-3-13(2)15-6-4-5-7-17(15)21-11-14(10-20-21)16-8-9-18-12-19-16/h4-13H,3H2,1-2H3. The van der Waals surface area contributed by atoms with Crippen LogP contribution in [0.15, 0.2) is 55.2 Å². The Morgan fingerprint density at radius 1 is 1.19 bits per heavy atom. The average Bonchev–Trinajstić information content (AvgIpc) is 3.05. The molecule has 4 heteroatoms. The molecule has 0 spiro atoms. The van der Waals surface area contributed by atoms with Crippen LogP contribution >= 0.6 is 0 Å². The molecule has 0 N–H and O–H groups in total. The van der Waals surface area contributed by atoms with Gasteiger partial charge < -0.3 is 0 Å². The average molecular weight is 278 g/mol. The SMILES string of the molecule is CCC(C)c1ccccc1-n1cc(-c2ccncn2)cn1. The van der Waals surface area contributed by atoms with E-state index in [-0.39, 0.29) is 0 Å². The summed E-state index contributed by atoms with van der Waals surface area (Å²) in [5, 5.41) is 4.50. The summed E-state index contributed by atoms with van der Waals surface area (Å²) in [4.78, 5) is 8.21. The highest BCUT2D eigenvalue weighted by Crippen LogP contribution is 2.26. The van der Waals surface area contributed by atoms with Crippen molar-refractivity contribution in [1.29, 1.82) is 0 Å². The van der Waals surface area contributed by atoms with Crippen LogP contribution < -0.4 is 0 Å². The maximum Gasteiger partial charge on any atom is 0.116 e. The molecule has 0 saturated carbocycles. The first kappa shape index (κ1) is 13.5. The minimum atomic E-state index is 0.507. The summed E-state index contributed by atoms with van der Waals surface area (Å²) in [6.45, 7) is 4.45. The third kappa shape index (κ3) is 2.70. The Morgan fingerprint density at radius 3 is 2.81 bits per heavy atom. The lowest BCUT2D eigenvalue weighted by atomic mass is 9.97. The van der Waals surface area contributed by atoms with E-state index in [1.807, 2.05) is 29.2 Å². The molecule has 1 atom stereocenters. The van der Waals surface area contributed by atoms with E-state index in [9.17, 15) is 0 Å². The van der Waals surface area contributed by atoms with Gasteiger partial charge in [-0.15, -0.1) is 0 Å². The van der Waals surface area contributed by atoms with Crippen molar-refractivity contribution < 1.29 is 0 Å². The smallest absolute Gasteiger partial charge is 0.116 e. The van der Waals surface area contributed by atoms with E-state index < -0.39 is 0 Å². The van der Waals surface area contributed by atoms with Gasteiger partial charge in [-0.2, -0.15) is 5.10 Å². The number of rotatable bonds is 4. The molecule has 3 aromatic rings. The molecule has 0 saturated heterocycles. The zero-order valence-corrected chi connectivity index (χ0v) is 12.3. The molecule has 2 aromatic heterocycles. The van der Waals surface area contributed by atoms with E-state index in [4.69, 9.17) is 0 Å². The molecule has 2 heterocycles. The monoisotopic (exact) mass is 278 g/mol. The zero-order valence-electron chi connectivity index (χ0n) is 12.3. The zero-order chi connectivity index (χ0) is 14.7. The molecular weight excluding hydrogens is 260 g/mol. The Labute approximate surface area is 124 Å². The van der Waals surface area contributed by atoms with Crippen LogP contribution in [0.5, 0.6) is 0 Å². The van der Waals surface area contributed by atoms with E-state index in [0.717, 1.165) is 23.4 Å². The molecule has 0 bridgehead atoms. The van der Waals surface area contributed by atoms with Crippen molar-refractivity contribution >= 4 is 0 Å². The summed E-state index contributed by atoms with van der Waals surface area (Å²) < 4.78 is 1.93. The van der Waals surface area contributed by atoms with Gasteiger partial charge in [-0.3, -0.25) is 0 Å². The minimum Gasteiger partial charge on any atom is -0.245 e. The molecule has 0 aliphatic heterocycles. The lowest BCUT2D eigenvalue weighted by Gasteiger charge is -2.14. The highest BCUT2D eigenvalue weighted by atomic mass is 15.3. The molecule has 106 valence electrons. The molecule has 0 aliphatic rings. The van der Waals surface area contributed by atoms with Gasteiger partial charge in [0.25, 0.3) is 0 Å². The van der Waals surface area contributed by atoms with Crippen molar-refractivity contribution in [2.75, 3.05) is 0 Å². The van der Waals surface area contributed by atoms with Crippen LogP contribution in [0.25, 0.3) is 16.9 Å². The number of benzene rings is 1. The van der Waals surface area contributed by atoms with Gasteiger partial charge >= 0.3 is 0 Å². The molecule has 3 rings (SSSR count). The summed E-state index contributed by atoms with van der Waals surface area (Å²) in [6, 6.07) is 10.3. The number of para-hydroxylation sites is 1. The molecule has 4 nitrogen and oxygen atoms in total. The topological polar surface area (TPSA) is 43.6 Å². The van der Waals surface area contributed by atoms with Crippen molar-refractivity contribution in [2.45, 2.75) is 26.2 Å². The number of nitrogens with zero attached hydrogens (tertiary/aromatic N) is 4. The first-order valence-electron chi connectivity index (χ1n) is 7.20. The fraction of sp³-hybridized carbons (Fsp3) is 0.235. The second-order valence-corrected chi connectivity index (χ2v) is 5.14. The van der Waals surface area contributed by atoms with E-state index >= 15 is 0 Å². The third-order valence-corrected chi connectivity index (χ3v) is 3.79. The van der Waals surface area contributed by atoms with Gasteiger partial charge in [0.15, 0.2) is 0 Å². The lowest BCUT2D eigenvalue weighted by molar-refractivity contribution is 0.717. The highest BCUT2D eigenvalue weighted by Gasteiger charge is 2.11. The first-order valence-corrected chi connectivity index (χ1v) is 7.20. The Balaban J connectivity index is 2.01. The lowest BCUT2D eigenvalue weighted by Crippen LogP contribution is -2.02. The summed E-state index contributed by atoms with van der Waals surface area (Å²) in [7, 11) is 0. The molecule has 0 aliphatic carbocycles. The van der Waals surface area contributed by atoms with E-state index in [1.165, 1.54) is 5.56 Å². The maximum absolute atomic E-state index is 4.50. The van der Waals surface area contributed by atoms with E-state index in [1.54, 1.807) is 12.5 Å². The van der Waals surface area contributed by atoms with Crippen molar-refractivity contribution in [2.24, 2.45) is 0 Å². The quantitative estimate of drug-likeness (QED) is 0.728. The fourth-order valence-electron chi connectivity index (χ4n) is 2.38. The molecule has 0 amide bonds. The predicted octanol–water partition coefficient (Wildman–Crippen LogP) is 3.84. The Bertz CT molecular complexity index is 718. The second kappa shape index (κ2) is 5.87. The Morgan fingerprint density at radius 2 is 2.05 bits per heavy atom. The molecule has 1 unspecified atom stereocenters. The molecule has 0 radical (unpaired) electrons. The number of hydrogen-bond acceptors (Lipinski definition) is 3. The van der Waals surface area contributed by atoms with Crippen LogP contribution in [0.3, 0.4) is 0 Å². The van der Waals surface area contributed by atoms with Gasteiger partial charge in [-0.05, 0) is 30.0 Å². The summed E-state index contributed by atoms with van der Waals surface area (Å²) in [5.41, 5.74) is 4.33. The van der Waals surface area contributed by atoms with Gasteiger partial charge in [0, 0.05) is 18.0 Å². The number of hydrogen-bond donors (Lipinski definition) is 0.